The number of amides is 2. The third-order valence-electron chi connectivity index (χ3n) is 5.72. The Hall–Kier alpha value is -2.78. The smallest absolute Gasteiger partial charge is 0.244 e. The SMILES string of the molecule is CCNC(=O)[C@H](Cc1ccccc1)N(Cc1cccc(Cl)c1)C(=O)CN(c1cc(Cl)ccc1Cl)S(C)(=O)=O. The van der Waals surface area contributed by atoms with E-state index >= 15 is 0 Å². The zero-order valence-electron chi connectivity index (χ0n) is 20.9. The molecule has 3 aromatic carbocycles. The summed E-state index contributed by atoms with van der Waals surface area (Å²) >= 11 is 18.6. The van der Waals surface area contributed by atoms with Gasteiger partial charge in [0.15, 0.2) is 0 Å². The zero-order valence-corrected chi connectivity index (χ0v) is 24.0. The molecule has 0 unspecified atom stereocenters. The van der Waals surface area contributed by atoms with Gasteiger partial charge in [-0.1, -0.05) is 77.3 Å². The van der Waals surface area contributed by atoms with Gasteiger partial charge >= 0.3 is 0 Å². The summed E-state index contributed by atoms with van der Waals surface area (Å²) in [4.78, 5) is 28.6. The van der Waals surface area contributed by atoms with Crippen molar-refractivity contribution in [2.24, 2.45) is 0 Å². The Morgan fingerprint density at radius 2 is 1.55 bits per heavy atom. The average Bonchev–Trinajstić information content (AvgIpc) is 2.86. The molecule has 0 heterocycles. The highest BCUT2D eigenvalue weighted by atomic mass is 35.5. The van der Waals surface area contributed by atoms with Crippen molar-refractivity contribution in [3.05, 3.63) is 99.0 Å². The van der Waals surface area contributed by atoms with Crippen LogP contribution in [0.2, 0.25) is 15.1 Å². The molecule has 0 saturated carbocycles. The van der Waals surface area contributed by atoms with Gasteiger partial charge in [0.1, 0.15) is 12.6 Å². The first kappa shape index (κ1) is 29.8. The minimum Gasteiger partial charge on any atom is -0.355 e. The van der Waals surface area contributed by atoms with Crippen molar-refractivity contribution in [1.82, 2.24) is 10.2 Å². The second kappa shape index (κ2) is 13.3. The van der Waals surface area contributed by atoms with E-state index in [0.717, 1.165) is 16.1 Å². The highest BCUT2D eigenvalue weighted by molar-refractivity contribution is 7.92. The number of halogens is 3. The number of benzene rings is 3. The van der Waals surface area contributed by atoms with Crippen molar-refractivity contribution < 1.29 is 18.0 Å². The fraction of sp³-hybridized carbons (Fsp3) is 0.259. The van der Waals surface area contributed by atoms with E-state index in [-0.39, 0.29) is 34.6 Å². The number of hydrogen-bond acceptors (Lipinski definition) is 4. The maximum Gasteiger partial charge on any atom is 0.244 e. The Labute approximate surface area is 238 Å². The Kier molecular flexibility index (Phi) is 10.4. The van der Waals surface area contributed by atoms with E-state index in [9.17, 15) is 18.0 Å². The van der Waals surface area contributed by atoms with Crippen LogP contribution in [0.1, 0.15) is 18.1 Å². The number of rotatable bonds is 11. The summed E-state index contributed by atoms with van der Waals surface area (Å²) in [7, 11) is -3.96. The number of anilines is 1. The van der Waals surface area contributed by atoms with Gasteiger partial charge in [-0.3, -0.25) is 13.9 Å². The first-order valence-electron chi connectivity index (χ1n) is 11.8. The number of hydrogen-bond donors (Lipinski definition) is 1. The summed E-state index contributed by atoms with van der Waals surface area (Å²) in [6.07, 6.45) is 1.19. The van der Waals surface area contributed by atoms with Crippen molar-refractivity contribution in [2.75, 3.05) is 23.7 Å². The van der Waals surface area contributed by atoms with Gasteiger partial charge in [0.05, 0.1) is 17.0 Å². The maximum absolute atomic E-state index is 13.9. The number of likely N-dealkylation sites (N-methyl/N-ethyl adjacent to an activating group) is 1. The fourth-order valence-corrected chi connectivity index (χ4v) is 5.45. The Bertz CT molecular complexity index is 1390. The van der Waals surface area contributed by atoms with Crippen LogP contribution in [0.5, 0.6) is 0 Å². The maximum atomic E-state index is 13.9. The van der Waals surface area contributed by atoms with Crippen LogP contribution in [0.25, 0.3) is 0 Å². The van der Waals surface area contributed by atoms with Crippen LogP contribution in [0.4, 0.5) is 5.69 Å². The molecule has 1 atom stereocenters. The zero-order chi connectivity index (χ0) is 27.9. The minimum absolute atomic E-state index is 0.0227. The van der Waals surface area contributed by atoms with Crippen LogP contribution in [0.15, 0.2) is 72.8 Å². The van der Waals surface area contributed by atoms with E-state index in [0.29, 0.717) is 17.1 Å². The molecule has 7 nitrogen and oxygen atoms in total. The highest BCUT2D eigenvalue weighted by Gasteiger charge is 2.33. The first-order chi connectivity index (χ1) is 18.0. The number of carbonyl (C=O) groups excluding carboxylic acids is 2. The van der Waals surface area contributed by atoms with Crippen LogP contribution >= 0.6 is 34.8 Å². The topological polar surface area (TPSA) is 86.8 Å². The van der Waals surface area contributed by atoms with Gasteiger partial charge in [-0.2, -0.15) is 0 Å². The minimum atomic E-state index is -3.96. The molecule has 0 spiro atoms. The van der Waals surface area contributed by atoms with Crippen LogP contribution in [0, 0.1) is 0 Å². The molecule has 202 valence electrons. The molecule has 0 aliphatic carbocycles. The van der Waals surface area contributed by atoms with Crippen LogP contribution < -0.4 is 9.62 Å². The Morgan fingerprint density at radius 3 is 2.18 bits per heavy atom. The predicted molar refractivity (Wildman–Crippen MR) is 153 cm³/mol. The van der Waals surface area contributed by atoms with Gasteiger partial charge in [0, 0.05) is 29.6 Å². The molecular weight excluding hydrogens is 569 g/mol. The lowest BCUT2D eigenvalue weighted by molar-refractivity contribution is -0.140. The molecule has 0 fully saturated rings. The van der Waals surface area contributed by atoms with E-state index in [1.54, 1.807) is 31.2 Å². The molecular formula is C27H28Cl3N3O4S. The van der Waals surface area contributed by atoms with Gasteiger partial charge in [0.2, 0.25) is 21.8 Å². The van der Waals surface area contributed by atoms with E-state index in [1.807, 2.05) is 30.3 Å². The van der Waals surface area contributed by atoms with Crippen LogP contribution in [-0.2, 0) is 32.6 Å². The van der Waals surface area contributed by atoms with Crippen molar-refractivity contribution in [1.29, 1.82) is 0 Å². The predicted octanol–water partition coefficient (Wildman–Crippen LogP) is 5.19. The molecule has 3 aromatic rings. The van der Waals surface area contributed by atoms with E-state index in [2.05, 4.69) is 5.32 Å². The number of carbonyl (C=O) groups is 2. The second-order valence-electron chi connectivity index (χ2n) is 8.62. The number of sulfonamides is 1. The third-order valence-corrected chi connectivity index (χ3v) is 7.64. The van der Waals surface area contributed by atoms with Crippen molar-refractivity contribution in [3.63, 3.8) is 0 Å². The lowest BCUT2D eigenvalue weighted by Crippen LogP contribution is -2.53. The van der Waals surface area contributed by atoms with Gasteiger partial charge < -0.3 is 10.2 Å². The van der Waals surface area contributed by atoms with E-state index in [4.69, 9.17) is 34.8 Å². The van der Waals surface area contributed by atoms with Gasteiger partial charge in [-0.15, -0.1) is 0 Å². The Morgan fingerprint density at radius 1 is 0.895 bits per heavy atom. The lowest BCUT2D eigenvalue weighted by atomic mass is 10.0. The Balaban J connectivity index is 2.07. The molecule has 0 bridgehead atoms. The summed E-state index contributed by atoms with van der Waals surface area (Å²) < 4.78 is 26.5. The number of nitrogens with zero attached hydrogens (tertiary/aromatic N) is 2. The summed E-state index contributed by atoms with van der Waals surface area (Å²) in [5.41, 5.74) is 1.58. The summed E-state index contributed by atoms with van der Waals surface area (Å²) in [5, 5.41) is 3.63. The van der Waals surface area contributed by atoms with Crippen LogP contribution in [0.3, 0.4) is 0 Å². The first-order valence-corrected chi connectivity index (χ1v) is 14.8. The molecule has 0 saturated heterocycles. The van der Waals surface area contributed by atoms with E-state index in [1.165, 1.54) is 23.1 Å². The molecule has 0 radical (unpaired) electrons. The van der Waals surface area contributed by atoms with Gasteiger partial charge in [-0.25, -0.2) is 8.42 Å². The molecule has 0 aliphatic rings. The van der Waals surface area contributed by atoms with Crippen molar-refractivity contribution >= 4 is 62.3 Å². The molecule has 38 heavy (non-hydrogen) atoms. The number of nitrogens with one attached hydrogen (secondary N) is 1. The standard InChI is InChI=1S/C27H28Cl3N3O4S/c1-3-31-27(35)25(15-19-8-5-4-6-9-19)32(17-20-10-7-11-21(28)14-20)26(34)18-33(38(2,36)37)24-16-22(29)12-13-23(24)30/h4-14,16,25H,3,15,17-18H2,1-2H3,(H,31,35)/t25-/m0/s1. The summed E-state index contributed by atoms with van der Waals surface area (Å²) in [5.74, 6) is -0.961. The third kappa shape index (κ3) is 8.11. The molecule has 3 rings (SSSR count). The summed E-state index contributed by atoms with van der Waals surface area (Å²) in [6, 6.07) is 19.6. The largest absolute Gasteiger partial charge is 0.355 e. The molecule has 2 amide bonds. The van der Waals surface area contributed by atoms with Gasteiger partial charge in [0.25, 0.3) is 0 Å². The fourth-order valence-electron chi connectivity index (χ4n) is 3.95. The van der Waals surface area contributed by atoms with E-state index < -0.39 is 28.5 Å². The average molecular weight is 597 g/mol. The normalized spacial score (nSPS) is 12.0. The van der Waals surface area contributed by atoms with Gasteiger partial charge in [-0.05, 0) is 48.4 Å². The molecule has 0 aliphatic heterocycles. The highest BCUT2D eigenvalue weighted by Crippen LogP contribution is 2.31. The molecule has 1 N–H and O–H groups in total. The molecule has 11 heteroatoms. The van der Waals surface area contributed by atoms with Crippen LogP contribution in [-0.4, -0.2) is 50.5 Å². The van der Waals surface area contributed by atoms with Crippen molar-refractivity contribution in [2.45, 2.75) is 25.9 Å². The lowest BCUT2D eigenvalue weighted by Gasteiger charge is -2.33. The molecule has 0 aromatic heterocycles. The quantitative estimate of drug-likeness (QED) is 0.330. The summed E-state index contributed by atoms with van der Waals surface area (Å²) in [6.45, 7) is 1.57. The second-order valence-corrected chi connectivity index (χ2v) is 11.8. The van der Waals surface area contributed by atoms with Crippen molar-refractivity contribution in [3.8, 4) is 0 Å². The monoisotopic (exact) mass is 595 g/mol.